The number of carbonyl (C=O) groups excluding carboxylic acids is 3. The van der Waals surface area contributed by atoms with Crippen molar-refractivity contribution in [3.63, 3.8) is 0 Å². The molecule has 1 aromatic heterocycles. The SMILES string of the molecule is CN1C(=O)CNC(=O)[C@H](CCCN)NCc2ccccc2Sc2c(F)ccc(F)c2CNC(=O)C1Cc1c[nH]c2ccccc12. The molecule has 1 aliphatic heterocycles. The summed E-state index contributed by atoms with van der Waals surface area (Å²) in [6, 6.07) is 15.3. The molecule has 0 radical (unpaired) electrons. The van der Waals surface area contributed by atoms with E-state index in [0.717, 1.165) is 45.9 Å². The summed E-state index contributed by atoms with van der Waals surface area (Å²) in [5.41, 5.74) is 8.17. The molecule has 1 unspecified atom stereocenters. The summed E-state index contributed by atoms with van der Waals surface area (Å²) >= 11 is 1.05. The zero-order valence-corrected chi connectivity index (χ0v) is 25.7. The lowest BCUT2D eigenvalue weighted by Gasteiger charge is -2.28. The van der Waals surface area contributed by atoms with Gasteiger partial charge in [0, 0.05) is 54.1 Å². The predicted molar refractivity (Wildman–Crippen MR) is 169 cm³/mol. The number of carbonyl (C=O) groups is 3. The van der Waals surface area contributed by atoms with E-state index in [4.69, 9.17) is 5.73 Å². The van der Waals surface area contributed by atoms with Crippen LogP contribution in [0.2, 0.25) is 0 Å². The van der Waals surface area contributed by atoms with Gasteiger partial charge < -0.3 is 31.6 Å². The molecule has 12 heteroatoms. The molecule has 4 aromatic rings. The molecule has 0 saturated carbocycles. The largest absolute Gasteiger partial charge is 0.361 e. The topological polar surface area (TPSA) is 132 Å². The lowest BCUT2D eigenvalue weighted by molar-refractivity contribution is -0.139. The second kappa shape index (κ2) is 14.7. The van der Waals surface area contributed by atoms with Gasteiger partial charge in [-0.05, 0) is 54.8 Å². The molecule has 9 nitrogen and oxygen atoms in total. The summed E-state index contributed by atoms with van der Waals surface area (Å²) in [4.78, 5) is 45.6. The van der Waals surface area contributed by atoms with Gasteiger partial charge >= 0.3 is 0 Å². The number of amides is 3. The van der Waals surface area contributed by atoms with Crippen molar-refractivity contribution in [2.75, 3.05) is 20.1 Å². The van der Waals surface area contributed by atoms with Crippen molar-refractivity contribution in [2.24, 2.45) is 5.73 Å². The Morgan fingerprint density at radius 2 is 1.64 bits per heavy atom. The average molecular weight is 635 g/mol. The number of nitrogens with zero attached hydrogens (tertiary/aromatic N) is 1. The van der Waals surface area contributed by atoms with Crippen LogP contribution >= 0.6 is 11.8 Å². The van der Waals surface area contributed by atoms with Gasteiger partial charge in [0.1, 0.15) is 17.7 Å². The Balaban J connectivity index is 1.52. The Hall–Kier alpha value is -4.26. The molecule has 45 heavy (non-hydrogen) atoms. The van der Waals surface area contributed by atoms with E-state index >= 15 is 8.78 Å². The van der Waals surface area contributed by atoms with Gasteiger partial charge in [-0.3, -0.25) is 14.4 Å². The second-order valence-electron chi connectivity index (χ2n) is 10.9. The van der Waals surface area contributed by atoms with Crippen LogP contribution in [0.15, 0.2) is 76.7 Å². The lowest BCUT2D eigenvalue weighted by Crippen LogP contribution is -2.52. The average Bonchev–Trinajstić information content (AvgIpc) is 3.46. The van der Waals surface area contributed by atoms with Crippen LogP contribution in [-0.2, 0) is 33.9 Å². The zero-order valence-electron chi connectivity index (χ0n) is 24.9. The lowest BCUT2D eigenvalue weighted by atomic mass is 10.0. The van der Waals surface area contributed by atoms with E-state index in [9.17, 15) is 14.4 Å². The molecule has 2 atom stereocenters. The van der Waals surface area contributed by atoms with Crippen molar-refractivity contribution < 1.29 is 23.2 Å². The molecule has 0 aliphatic carbocycles. The van der Waals surface area contributed by atoms with Gasteiger partial charge in [-0.2, -0.15) is 0 Å². The van der Waals surface area contributed by atoms with Gasteiger partial charge in [0.05, 0.1) is 17.5 Å². The molecule has 3 aromatic carbocycles. The van der Waals surface area contributed by atoms with Crippen LogP contribution in [-0.4, -0.2) is 59.8 Å². The smallest absolute Gasteiger partial charge is 0.243 e. The predicted octanol–water partition coefficient (Wildman–Crippen LogP) is 3.61. The molecule has 0 spiro atoms. The molecule has 0 bridgehead atoms. The Morgan fingerprint density at radius 3 is 2.47 bits per heavy atom. The molecule has 236 valence electrons. The number of aromatic amines is 1. The first-order valence-corrected chi connectivity index (χ1v) is 15.6. The highest BCUT2D eigenvalue weighted by Gasteiger charge is 2.30. The van der Waals surface area contributed by atoms with Gasteiger partial charge in [-0.15, -0.1) is 0 Å². The number of para-hydroxylation sites is 1. The molecule has 0 saturated heterocycles. The van der Waals surface area contributed by atoms with Crippen molar-refractivity contribution in [3.05, 3.63) is 95.2 Å². The standard InChI is InChI=1S/C33H36F2N6O3S/c1-41-28(15-21-17-37-26-9-4-3-8-22(21)26)33(44)39-18-23-24(34)12-13-25(35)31(23)45-29-11-5-2-7-20(29)16-38-27(10-6-14-36)32(43)40-19-30(41)42/h2-5,7-9,11-13,17,27-28,37-38H,6,10,14-16,18-19,36H2,1H3,(H,39,44)(H,40,43)/t27-,28?/m0/s1. The number of rotatable bonds is 5. The number of aromatic nitrogens is 1. The number of halogens is 2. The Labute approximate surface area is 264 Å². The molecule has 6 N–H and O–H groups in total. The van der Waals surface area contributed by atoms with E-state index < -0.39 is 35.5 Å². The van der Waals surface area contributed by atoms with Crippen LogP contribution in [0, 0.1) is 11.6 Å². The maximum Gasteiger partial charge on any atom is 0.243 e. The Kier molecular flexibility index (Phi) is 10.5. The Morgan fingerprint density at radius 1 is 0.911 bits per heavy atom. The number of likely N-dealkylation sites (N-methyl/N-ethyl adjacent to an activating group) is 1. The first-order chi connectivity index (χ1) is 21.8. The quantitative estimate of drug-likeness (QED) is 0.228. The highest BCUT2D eigenvalue weighted by molar-refractivity contribution is 7.99. The summed E-state index contributed by atoms with van der Waals surface area (Å²) in [7, 11) is 1.49. The molecule has 2 heterocycles. The van der Waals surface area contributed by atoms with Crippen LogP contribution in [0.3, 0.4) is 0 Å². The molecule has 3 amide bonds. The summed E-state index contributed by atoms with van der Waals surface area (Å²) < 4.78 is 30.6. The maximum absolute atomic E-state index is 15.3. The van der Waals surface area contributed by atoms with E-state index in [-0.39, 0.29) is 42.4 Å². The summed E-state index contributed by atoms with van der Waals surface area (Å²) in [6.07, 6.45) is 2.93. The normalized spacial score (nSPS) is 18.6. The molecule has 5 rings (SSSR count). The van der Waals surface area contributed by atoms with Crippen LogP contribution in [0.25, 0.3) is 10.9 Å². The number of hydrogen-bond donors (Lipinski definition) is 5. The van der Waals surface area contributed by atoms with Crippen LogP contribution < -0.4 is 21.7 Å². The monoisotopic (exact) mass is 634 g/mol. The minimum Gasteiger partial charge on any atom is -0.361 e. The third-order valence-corrected chi connectivity index (χ3v) is 9.26. The summed E-state index contributed by atoms with van der Waals surface area (Å²) in [5.74, 6) is -2.70. The molecular formula is C33H36F2N6O3S. The third kappa shape index (κ3) is 7.52. The zero-order chi connectivity index (χ0) is 31.9. The fraction of sp³-hybridized carbons (Fsp3) is 0.303. The van der Waals surface area contributed by atoms with Gasteiger partial charge in [-0.25, -0.2) is 8.78 Å². The van der Waals surface area contributed by atoms with Gasteiger partial charge in [-0.1, -0.05) is 48.2 Å². The first-order valence-electron chi connectivity index (χ1n) is 14.8. The number of nitrogens with one attached hydrogen (secondary N) is 4. The van der Waals surface area contributed by atoms with Crippen LogP contribution in [0.1, 0.15) is 29.5 Å². The minimum atomic E-state index is -1.01. The summed E-state index contributed by atoms with van der Waals surface area (Å²) in [5, 5.41) is 9.61. The van der Waals surface area contributed by atoms with E-state index in [1.165, 1.54) is 11.9 Å². The first kappa shape index (κ1) is 32.1. The fourth-order valence-corrected chi connectivity index (χ4v) is 6.48. The second-order valence-corrected chi connectivity index (χ2v) is 12.0. The van der Waals surface area contributed by atoms with Crippen molar-refractivity contribution >= 4 is 40.4 Å². The van der Waals surface area contributed by atoms with E-state index in [0.29, 0.717) is 24.3 Å². The minimum absolute atomic E-state index is 0.00193. The molecule has 0 fully saturated rings. The van der Waals surface area contributed by atoms with Crippen molar-refractivity contribution in [2.45, 2.75) is 54.2 Å². The Bertz CT molecular complexity index is 1700. The molecular weight excluding hydrogens is 598 g/mol. The van der Waals surface area contributed by atoms with Crippen molar-refractivity contribution in [1.29, 1.82) is 0 Å². The molecule has 1 aliphatic rings. The van der Waals surface area contributed by atoms with Gasteiger partial charge in [0.15, 0.2) is 0 Å². The van der Waals surface area contributed by atoms with E-state index in [1.54, 1.807) is 18.3 Å². The van der Waals surface area contributed by atoms with E-state index in [1.807, 2.05) is 36.4 Å². The summed E-state index contributed by atoms with van der Waals surface area (Å²) in [6.45, 7) is 0.0135. The highest BCUT2D eigenvalue weighted by atomic mass is 32.2. The van der Waals surface area contributed by atoms with Crippen LogP contribution in [0.4, 0.5) is 8.78 Å². The number of benzene rings is 3. The maximum atomic E-state index is 15.3. The highest BCUT2D eigenvalue weighted by Crippen LogP contribution is 2.36. The third-order valence-electron chi connectivity index (χ3n) is 8.00. The van der Waals surface area contributed by atoms with Gasteiger partial charge in [0.2, 0.25) is 17.7 Å². The van der Waals surface area contributed by atoms with Crippen molar-refractivity contribution in [3.8, 4) is 0 Å². The van der Waals surface area contributed by atoms with Crippen molar-refractivity contribution in [1.82, 2.24) is 25.8 Å². The number of hydrogen-bond acceptors (Lipinski definition) is 6. The van der Waals surface area contributed by atoms with E-state index in [2.05, 4.69) is 20.9 Å². The fourth-order valence-electron chi connectivity index (χ4n) is 5.38. The van der Waals surface area contributed by atoms with Crippen LogP contribution in [0.5, 0.6) is 0 Å². The number of H-pyrrole nitrogens is 1. The number of nitrogens with two attached hydrogens (primary N) is 1. The van der Waals surface area contributed by atoms with Gasteiger partial charge in [0.25, 0.3) is 0 Å². The number of fused-ring (bicyclic) bond motifs is 3.